The Morgan fingerprint density at radius 1 is 1.37 bits per heavy atom. The molecule has 0 aliphatic carbocycles. The van der Waals surface area contributed by atoms with Crippen LogP contribution in [0.3, 0.4) is 0 Å². The highest BCUT2D eigenvalue weighted by Gasteiger charge is 2.23. The average molecular weight is 260 g/mol. The molecule has 0 spiro atoms. The normalized spacial score (nSPS) is 13.7. The lowest BCUT2D eigenvalue weighted by atomic mass is 10.1. The fraction of sp³-hybridized carbons (Fsp3) is 0.308. The summed E-state index contributed by atoms with van der Waals surface area (Å²) in [5.41, 5.74) is -1.07. The minimum Gasteiger partial charge on any atom is -0.330 e. The van der Waals surface area contributed by atoms with Crippen LogP contribution < -0.4 is 10.9 Å². The number of rotatable bonds is 0. The van der Waals surface area contributed by atoms with Gasteiger partial charge in [-0.05, 0) is 26.8 Å². The van der Waals surface area contributed by atoms with Gasteiger partial charge in [0.1, 0.15) is 11.6 Å². The Kier molecular flexibility index (Phi) is 2.26. The maximum absolute atomic E-state index is 13.6. The molecule has 98 valence electrons. The number of nitrogens with zero attached hydrogens (tertiary/aromatic N) is 3. The molecular weight excluding hydrogens is 247 g/mol. The SMILES string of the molecule is CC(C)(C)n1cc2cc(F)c(=O)nc3c2c1N=CN3. The Hall–Kier alpha value is -2.24. The van der Waals surface area contributed by atoms with Gasteiger partial charge in [0.2, 0.25) is 0 Å². The standard InChI is InChI=1S/C13H13FN4O/c1-13(2,3)18-5-7-4-8(14)12(19)17-10-9(7)11(18)16-6-15-10/h4-6H,1-3H3,(H,15,16,17,19). The van der Waals surface area contributed by atoms with Crippen LogP contribution in [0.1, 0.15) is 20.8 Å². The van der Waals surface area contributed by atoms with Crippen LogP contribution in [0.5, 0.6) is 0 Å². The van der Waals surface area contributed by atoms with Crippen molar-refractivity contribution in [2.75, 3.05) is 5.32 Å². The summed E-state index contributed by atoms with van der Waals surface area (Å²) < 4.78 is 15.6. The smallest absolute Gasteiger partial charge is 0.307 e. The molecule has 3 heterocycles. The maximum Gasteiger partial charge on any atom is 0.307 e. The number of aromatic nitrogens is 2. The van der Waals surface area contributed by atoms with Crippen molar-refractivity contribution < 1.29 is 4.39 Å². The van der Waals surface area contributed by atoms with Crippen molar-refractivity contribution in [1.82, 2.24) is 9.55 Å². The van der Waals surface area contributed by atoms with Crippen molar-refractivity contribution in [3.63, 3.8) is 0 Å². The highest BCUT2D eigenvalue weighted by molar-refractivity contribution is 6.06. The fourth-order valence-electron chi connectivity index (χ4n) is 2.17. The molecule has 0 unspecified atom stereocenters. The third-order valence-corrected chi connectivity index (χ3v) is 3.06. The van der Waals surface area contributed by atoms with E-state index in [0.717, 1.165) is 0 Å². The second-order valence-electron chi connectivity index (χ2n) is 5.48. The molecule has 2 aromatic heterocycles. The van der Waals surface area contributed by atoms with Gasteiger partial charge in [0, 0.05) is 17.1 Å². The molecule has 0 amide bonds. The number of anilines is 1. The Morgan fingerprint density at radius 2 is 2.11 bits per heavy atom. The zero-order chi connectivity index (χ0) is 13.8. The molecule has 1 aliphatic rings. The lowest BCUT2D eigenvalue weighted by Crippen LogP contribution is -2.21. The molecule has 1 aliphatic heterocycles. The van der Waals surface area contributed by atoms with Gasteiger partial charge in [0.15, 0.2) is 5.82 Å². The summed E-state index contributed by atoms with van der Waals surface area (Å²) in [6.45, 7) is 6.09. The second-order valence-corrected chi connectivity index (χ2v) is 5.48. The topological polar surface area (TPSA) is 59.3 Å². The molecule has 0 aromatic carbocycles. The molecule has 0 saturated heterocycles. The van der Waals surface area contributed by atoms with Gasteiger partial charge in [0.05, 0.1) is 11.7 Å². The average Bonchev–Trinajstić information content (AvgIpc) is 2.63. The van der Waals surface area contributed by atoms with Gasteiger partial charge in [0.25, 0.3) is 0 Å². The van der Waals surface area contributed by atoms with Crippen LogP contribution in [0.15, 0.2) is 22.1 Å². The van der Waals surface area contributed by atoms with E-state index in [9.17, 15) is 9.18 Å². The molecular formula is C13H13FN4O. The first-order chi connectivity index (χ1) is 8.88. The zero-order valence-electron chi connectivity index (χ0n) is 10.9. The van der Waals surface area contributed by atoms with Crippen LogP contribution in [0, 0.1) is 5.82 Å². The van der Waals surface area contributed by atoms with E-state index in [1.54, 1.807) is 6.20 Å². The van der Waals surface area contributed by atoms with Gasteiger partial charge >= 0.3 is 5.56 Å². The van der Waals surface area contributed by atoms with Crippen molar-refractivity contribution in [3.05, 3.63) is 28.4 Å². The lowest BCUT2D eigenvalue weighted by Gasteiger charge is -2.23. The molecule has 19 heavy (non-hydrogen) atoms. The van der Waals surface area contributed by atoms with E-state index in [1.165, 1.54) is 12.4 Å². The van der Waals surface area contributed by atoms with Crippen molar-refractivity contribution in [3.8, 4) is 0 Å². The quantitative estimate of drug-likeness (QED) is 0.791. The Labute approximate surface area is 108 Å². The summed E-state index contributed by atoms with van der Waals surface area (Å²) in [6.07, 6.45) is 3.26. The summed E-state index contributed by atoms with van der Waals surface area (Å²) >= 11 is 0. The number of halogens is 1. The van der Waals surface area contributed by atoms with E-state index < -0.39 is 11.4 Å². The Bertz CT molecular complexity index is 771. The molecule has 3 rings (SSSR count). The first-order valence-corrected chi connectivity index (χ1v) is 5.93. The van der Waals surface area contributed by atoms with Crippen molar-refractivity contribution >= 4 is 28.7 Å². The number of hydrogen-bond acceptors (Lipinski definition) is 4. The van der Waals surface area contributed by atoms with Crippen LogP contribution >= 0.6 is 0 Å². The molecule has 5 nitrogen and oxygen atoms in total. The van der Waals surface area contributed by atoms with Gasteiger partial charge in [-0.1, -0.05) is 0 Å². The van der Waals surface area contributed by atoms with Crippen molar-refractivity contribution in [2.24, 2.45) is 4.99 Å². The largest absolute Gasteiger partial charge is 0.330 e. The molecule has 6 heteroatoms. The fourth-order valence-corrected chi connectivity index (χ4v) is 2.17. The Morgan fingerprint density at radius 3 is 2.79 bits per heavy atom. The minimum atomic E-state index is -0.873. The highest BCUT2D eigenvalue weighted by atomic mass is 19.1. The second kappa shape index (κ2) is 3.63. The van der Waals surface area contributed by atoms with E-state index in [-0.39, 0.29) is 5.54 Å². The lowest BCUT2D eigenvalue weighted by molar-refractivity contribution is 0.403. The summed E-state index contributed by atoms with van der Waals surface area (Å²) in [7, 11) is 0. The number of aliphatic imine (C=N–C) groups is 1. The number of nitrogens with one attached hydrogen (secondary N) is 1. The third-order valence-electron chi connectivity index (χ3n) is 3.06. The van der Waals surface area contributed by atoms with E-state index in [0.29, 0.717) is 22.4 Å². The molecule has 0 fully saturated rings. The van der Waals surface area contributed by atoms with Crippen LogP contribution in [0.25, 0.3) is 10.8 Å². The van der Waals surface area contributed by atoms with E-state index in [4.69, 9.17) is 0 Å². The van der Waals surface area contributed by atoms with E-state index in [2.05, 4.69) is 15.3 Å². The monoisotopic (exact) mass is 260 g/mol. The first kappa shape index (κ1) is 11.8. The molecule has 0 radical (unpaired) electrons. The summed E-state index contributed by atoms with van der Waals surface area (Å²) in [4.78, 5) is 19.5. The van der Waals surface area contributed by atoms with Crippen LogP contribution in [0.2, 0.25) is 0 Å². The first-order valence-electron chi connectivity index (χ1n) is 5.93. The molecule has 2 aromatic rings. The van der Waals surface area contributed by atoms with Gasteiger partial charge in [-0.15, -0.1) is 0 Å². The maximum atomic E-state index is 13.6. The van der Waals surface area contributed by atoms with E-state index >= 15 is 0 Å². The molecule has 1 N–H and O–H groups in total. The van der Waals surface area contributed by atoms with Crippen molar-refractivity contribution in [1.29, 1.82) is 0 Å². The zero-order valence-corrected chi connectivity index (χ0v) is 10.9. The Balaban J connectivity index is 2.51. The van der Waals surface area contributed by atoms with Crippen LogP contribution in [-0.4, -0.2) is 15.9 Å². The predicted octanol–water partition coefficient (Wildman–Crippen LogP) is 2.38. The summed E-state index contributed by atoms with van der Waals surface area (Å²) in [6, 6.07) is 1.21. The van der Waals surface area contributed by atoms with E-state index in [1.807, 2.05) is 25.3 Å². The highest BCUT2D eigenvalue weighted by Crippen LogP contribution is 2.37. The third kappa shape index (κ3) is 1.71. The van der Waals surface area contributed by atoms with Gasteiger partial charge in [-0.3, -0.25) is 4.79 Å². The molecule has 0 atom stereocenters. The van der Waals surface area contributed by atoms with Crippen LogP contribution in [0.4, 0.5) is 16.0 Å². The summed E-state index contributed by atoms with van der Waals surface area (Å²) in [5, 5.41) is 4.07. The van der Waals surface area contributed by atoms with Gasteiger partial charge < -0.3 is 9.88 Å². The van der Waals surface area contributed by atoms with Gasteiger partial charge in [-0.2, -0.15) is 4.98 Å². The number of hydrogen-bond donors (Lipinski definition) is 1. The minimum absolute atomic E-state index is 0.199. The predicted molar refractivity (Wildman–Crippen MR) is 72.7 cm³/mol. The van der Waals surface area contributed by atoms with Crippen molar-refractivity contribution in [2.45, 2.75) is 26.3 Å². The molecule has 0 bridgehead atoms. The van der Waals surface area contributed by atoms with Crippen LogP contribution in [-0.2, 0) is 5.54 Å². The summed E-state index contributed by atoms with van der Waals surface area (Å²) in [5.74, 6) is 0.160. The van der Waals surface area contributed by atoms with Gasteiger partial charge in [-0.25, -0.2) is 9.38 Å². The molecule has 0 saturated carbocycles.